The first-order valence-corrected chi connectivity index (χ1v) is 8.69. The second-order valence-electron chi connectivity index (χ2n) is 6.05. The van der Waals surface area contributed by atoms with E-state index in [2.05, 4.69) is 4.90 Å². The average Bonchev–Trinajstić information content (AvgIpc) is 2.80. The van der Waals surface area contributed by atoms with Gasteiger partial charge in [-0.15, -0.1) is 0 Å². The van der Waals surface area contributed by atoms with Crippen molar-refractivity contribution in [3.8, 4) is 0 Å². The molecule has 0 spiro atoms. The number of hydrogen-bond acceptors (Lipinski definition) is 4. The van der Waals surface area contributed by atoms with E-state index in [1.165, 1.54) is 0 Å². The van der Waals surface area contributed by atoms with Crippen LogP contribution in [0.1, 0.15) is 18.5 Å². The maximum absolute atomic E-state index is 12.6. The lowest BCUT2D eigenvalue weighted by Gasteiger charge is -2.32. The van der Waals surface area contributed by atoms with E-state index < -0.39 is 10.0 Å². The molecule has 2 heterocycles. The minimum absolute atomic E-state index is 0.156. The maximum atomic E-state index is 12.6. The van der Waals surface area contributed by atoms with Gasteiger partial charge in [0.15, 0.2) is 0 Å². The number of rotatable bonds is 5. The molecule has 21 heavy (non-hydrogen) atoms. The minimum Gasteiger partial charge on any atom is -0.390 e. The van der Waals surface area contributed by atoms with Crippen LogP contribution in [0.25, 0.3) is 0 Å². The lowest BCUT2D eigenvalue weighted by Crippen LogP contribution is -2.40. The zero-order chi connectivity index (χ0) is 15.6. The molecule has 1 aliphatic heterocycles. The van der Waals surface area contributed by atoms with Gasteiger partial charge in [0.2, 0.25) is 10.0 Å². The molecule has 120 valence electrons. The number of aryl methyl sites for hydroxylation is 1. The lowest BCUT2D eigenvalue weighted by atomic mass is 9.98. The highest BCUT2D eigenvalue weighted by Gasteiger charge is 2.30. The zero-order valence-electron chi connectivity index (χ0n) is 13.0. The molecule has 0 saturated carbocycles. The Morgan fingerprint density at radius 1 is 1.33 bits per heavy atom. The van der Waals surface area contributed by atoms with E-state index in [9.17, 15) is 13.5 Å². The van der Waals surface area contributed by atoms with Crippen molar-refractivity contribution in [2.45, 2.75) is 24.3 Å². The van der Waals surface area contributed by atoms with E-state index in [1.807, 2.05) is 14.1 Å². The third-order valence-corrected chi connectivity index (χ3v) is 5.94. The Bertz CT molecular complexity index is 572. The number of aliphatic hydroxyl groups is 1. The van der Waals surface area contributed by atoms with Gasteiger partial charge in [0.05, 0.1) is 6.61 Å². The van der Waals surface area contributed by atoms with E-state index in [0.717, 1.165) is 19.4 Å². The molecule has 1 fully saturated rings. The van der Waals surface area contributed by atoms with Crippen molar-refractivity contribution >= 4 is 10.0 Å². The minimum atomic E-state index is -3.44. The van der Waals surface area contributed by atoms with Crippen LogP contribution in [0, 0.1) is 5.92 Å². The van der Waals surface area contributed by atoms with Crippen LogP contribution >= 0.6 is 0 Å². The molecule has 0 bridgehead atoms. The molecule has 6 nitrogen and oxygen atoms in total. The summed E-state index contributed by atoms with van der Waals surface area (Å²) in [5.41, 5.74) is 0.607. The van der Waals surface area contributed by atoms with Gasteiger partial charge in [0, 0.05) is 38.6 Å². The number of piperidine rings is 1. The average molecular weight is 315 g/mol. The monoisotopic (exact) mass is 315 g/mol. The molecule has 2 rings (SSSR count). The summed E-state index contributed by atoms with van der Waals surface area (Å²) in [6.07, 6.45) is 3.38. The highest BCUT2D eigenvalue weighted by molar-refractivity contribution is 7.89. The second kappa shape index (κ2) is 6.48. The van der Waals surface area contributed by atoms with Crippen LogP contribution in [0.4, 0.5) is 0 Å². The van der Waals surface area contributed by atoms with Gasteiger partial charge in [-0.3, -0.25) is 0 Å². The van der Waals surface area contributed by atoms with Gasteiger partial charge in [-0.05, 0) is 38.9 Å². The van der Waals surface area contributed by atoms with Crippen molar-refractivity contribution in [1.29, 1.82) is 0 Å². The van der Waals surface area contributed by atoms with Gasteiger partial charge in [0.1, 0.15) is 4.90 Å². The van der Waals surface area contributed by atoms with Crippen molar-refractivity contribution < 1.29 is 13.5 Å². The fourth-order valence-corrected chi connectivity index (χ4v) is 4.44. The fraction of sp³-hybridized carbons (Fsp3) is 0.714. The van der Waals surface area contributed by atoms with Gasteiger partial charge < -0.3 is 14.6 Å². The fourth-order valence-electron chi connectivity index (χ4n) is 2.87. The Hall–Kier alpha value is -0.890. The highest BCUT2D eigenvalue weighted by Crippen LogP contribution is 2.25. The zero-order valence-corrected chi connectivity index (χ0v) is 13.8. The van der Waals surface area contributed by atoms with Crippen LogP contribution in [0.3, 0.4) is 0 Å². The molecule has 0 radical (unpaired) electrons. The van der Waals surface area contributed by atoms with E-state index in [1.54, 1.807) is 28.2 Å². The summed E-state index contributed by atoms with van der Waals surface area (Å²) in [4.78, 5) is 2.43. The molecule has 1 saturated heterocycles. The Morgan fingerprint density at radius 2 is 1.95 bits per heavy atom. The van der Waals surface area contributed by atoms with Crippen molar-refractivity contribution in [2.24, 2.45) is 13.0 Å². The topological polar surface area (TPSA) is 65.8 Å². The van der Waals surface area contributed by atoms with Crippen LogP contribution in [0.2, 0.25) is 0 Å². The Morgan fingerprint density at radius 3 is 2.43 bits per heavy atom. The quantitative estimate of drug-likeness (QED) is 0.858. The van der Waals surface area contributed by atoms with Crippen molar-refractivity contribution in [3.63, 3.8) is 0 Å². The Kier molecular flexibility index (Phi) is 5.08. The molecule has 1 aliphatic rings. The third kappa shape index (κ3) is 3.66. The molecule has 1 aromatic heterocycles. The largest absolute Gasteiger partial charge is 0.390 e. The first kappa shape index (κ1) is 16.5. The molecule has 0 aromatic carbocycles. The van der Waals surface area contributed by atoms with Gasteiger partial charge in [-0.1, -0.05) is 0 Å². The first-order chi connectivity index (χ1) is 9.84. The molecule has 0 aliphatic carbocycles. The van der Waals surface area contributed by atoms with Crippen LogP contribution in [0.5, 0.6) is 0 Å². The van der Waals surface area contributed by atoms with Crippen LogP contribution in [-0.4, -0.2) is 61.0 Å². The standard InChI is InChI=1S/C14H25N3O3S/c1-15(2)9-12-4-6-17(7-5-12)21(19,20)14-8-13(11-18)16(3)10-14/h8,10,12,18H,4-7,9,11H2,1-3H3. The van der Waals surface area contributed by atoms with E-state index >= 15 is 0 Å². The normalized spacial score (nSPS) is 18.5. The molecule has 1 N–H and O–H groups in total. The van der Waals surface area contributed by atoms with Gasteiger partial charge in [-0.25, -0.2) is 8.42 Å². The highest BCUT2D eigenvalue weighted by atomic mass is 32.2. The second-order valence-corrected chi connectivity index (χ2v) is 7.98. The van der Waals surface area contributed by atoms with Crippen molar-refractivity contribution in [2.75, 3.05) is 33.7 Å². The third-order valence-electron chi connectivity index (χ3n) is 4.08. The van der Waals surface area contributed by atoms with Crippen LogP contribution in [0.15, 0.2) is 17.2 Å². The molecule has 0 unspecified atom stereocenters. The molecular weight excluding hydrogens is 290 g/mol. The molecular formula is C14H25N3O3S. The van der Waals surface area contributed by atoms with Crippen LogP contribution < -0.4 is 0 Å². The van der Waals surface area contributed by atoms with Gasteiger partial charge in [-0.2, -0.15) is 4.31 Å². The van der Waals surface area contributed by atoms with Gasteiger partial charge >= 0.3 is 0 Å². The number of aromatic nitrogens is 1. The van der Waals surface area contributed by atoms with Crippen LogP contribution in [-0.2, 0) is 23.7 Å². The van der Waals surface area contributed by atoms with E-state index in [4.69, 9.17) is 0 Å². The van der Waals surface area contributed by atoms with E-state index in [-0.39, 0.29) is 11.5 Å². The maximum Gasteiger partial charge on any atom is 0.244 e. The van der Waals surface area contributed by atoms with E-state index in [0.29, 0.717) is 24.7 Å². The molecule has 0 amide bonds. The SMILES string of the molecule is CN(C)CC1CCN(S(=O)(=O)c2cc(CO)n(C)c2)CC1. The molecule has 0 atom stereocenters. The Balaban J connectivity index is 2.07. The number of hydrogen-bond donors (Lipinski definition) is 1. The van der Waals surface area contributed by atoms with Crippen molar-refractivity contribution in [1.82, 2.24) is 13.8 Å². The Labute approximate surface area is 127 Å². The smallest absolute Gasteiger partial charge is 0.244 e. The predicted molar refractivity (Wildman–Crippen MR) is 81.4 cm³/mol. The number of aliphatic hydroxyl groups excluding tert-OH is 1. The molecule has 7 heteroatoms. The summed E-state index contributed by atoms with van der Waals surface area (Å²) in [5.74, 6) is 0.565. The summed E-state index contributed by atoms with van der Waals surface area (Å²) in [5, 5.41) is 9.19. The summed E-state index contributed by atoms with van der Waals surface area (Å²) in [6, 6.07) is 1.56. The summed E-state index contributed by atoms with van der Waals surface area (Å²) in [7, 11) is 2.40. The summed E-state index contributed by atoms with van der Waals surface area (Å²) in [6.45, 7) is 2.00. The number of sulfonamides is 1. The first-order valence-electron chi connectivity index (χ1n) is 7.25. The van der Waals surface area contributed by atoms with Crippen molar-refractivity contribution in [3.05, 3.63) is 18.0 Å². The lowest BCUT2D eigenvalue weighted by molar-refractivity contribution is 0.225. The summed E-state index contributed by atoms with van der Waals surface area (Å²) >= 11 is 0. The summed E-state index contributed by atoms with van der Waals surface area (Å²) < 4.78 is 28.5. The van der Waals surface area contributed by atoms with Gasteiger partial charge in [0.25, 0.3) is 0 Å². The predicted octanol–water partition coefficient (Wildman–Crippen LogP) is 0.480. The molecule has 1 aromatic rings. The number of nitrogens with zero attached hydrogens (tertiary/aromatic N) is 3.